The average molecular weight is 354 g/mol. The lowest BCUT2D eigenvalue weighted by molar-refractivity contribution is 0.0598. The van der Waals surface area contributed by atoms with Crippen molar-refractivity contribution in [2.45, 2.75) is 51.7 Å². The fraction of sp³-hybridized carbons (Fsp3) is 0.524. The van der Waals surface area contributed by atoms with Gasteiger partial charge in [0.2, 0.25) is 0 Å². The van der Waals surface area contributed by atoms with Gasteiger partial charge in [0.25, 0.3) is 5.91 Å². The summed E-state index contributed by atoms with van der Waals surface area (Å²) in [5, 5.41) is 4.32. The molecule has 1 atom stereocenters. The maximum absolute atomic E-state index is 13.2. The second kappa shape index (κ2) is 8.49. The molecule has 0 saturated carbocycles. The number of likely N-dealkylation sites (tertiary alicyclic amines) is 1. The Morgan fingerprint density at radius 1 is 1.19 bits per heavy atom. The van der Waals surface area contributed by atoms with E-state index in [4.69, 9.17) is 0 Å². The molecule has 1 aliphatic rings. The van der Waals surface area contributed by atoms with Gasteiger partial charge in [-0.05, 0) is 57.0 Å². The molecule has 3 rings (SSSR count). The highest BCUT2D eigenvalue weighted by atomic mass is 16.2. The van der Waals surface area contributed by atoms with Gasteiger partial charge in [-0.25, -0.2) is 0 Å². The number of nitrogens with zero attached hydrogens (tertiary/aromatic N) is 4. The van der Waals surface area contributed by atoms with Gasteiger partial charge in [0, 0.05) is 25.8 Å². The molecular weight excluding hydrogens is 324 g/mol. The van der Waals surface area contributed by atoms with E-state index >= 15 is 0 Å². The predicted octanol–water partition coefficient (Wildman–Crippen LogP) is 3.72. The number of carbonyl (C=O) groups excluding carboxylic acids is 1. The molecule has 0 N–H and O–H groups in total. The first kappa shape index (κ1) is 18.6. The zero-order valence-corrected chi connectivity index (χ0v) is 16.2. The molecular formula is C21H30N4O. The minimum absolute atomic E-state index is 0.109. The van der Waals surface area contributed by atoms with Gasteiger partial charge >= 0.3 is 0 Å². The Morgan fingerprint density at radius 3 is 2.65 bits per heavy atom. The summed E-state index contributed by atoms with van der Waals surface area (Å²) in [5.74, 6) is 0.109. The molecule has 5 nitrogen and oxygen atoms in total. The van der Waals surface area contributed by atoms with E-state index in [1.54, 1.807) is 6.20 Å². The number of amides is 1. The van der Waals surface area contributed by atoms with Gasteiger partial charge in [-0.1, -0.05) is 31.2 Å². The van der Waals surface area contributed by atoms with Crippen molar-refractivity contribution in [3.63, 3.8) is 0 Å². The molecule has 1 aromatic carbocycles. The van der Waals surface area contributed by atoms with Crippen molar-refractivity contribution >= 4 is 5.91 Å². The van der Waals surface area contributed by atoms with Gasteiger partial charge in [-0.2, -0.15) is 5.10 Å². The Bertz CT molecular complexity index is 720. The third-order valence-electron chi connectivity index (χ3n) is 5.00. The van der Waals surface area contributed by atoms with Crippen LogP contribution < -0.4 is 0 Å². The van der Waals surface area contributed by atoms with E-state index in [1.807, 2.05) is 15.6 Å². The van der Waals surface area contributed by atoms with Crippen LogP contribution in [-0.4, -0.2) is 46.1 Å². The molecule has 5 heteroatoms. The highest BCUT2D eigenvalue weighted by Gasteiger charge is 2.30. The van der Waals surface area contributed by atoms with Crippen LogP contribution in [0.15, 0.2) is 36.5 Å². The summed E-state index contributed by atoms with van der Waals surface area (Å²) < 4.78 is 1.84. The van der Waals surface area contributed by atoms with Crippen LogP contribution in [0.25, 0.3) is 0 Å². The van der Waals surface area contributed by atoms with E-state index < -0.39 is 0 Å². The van der Waals surface area contributed by atoms with Crippen molar-refractivity contribution < 1.29 is 4.79 Å². The van der Waals surface area contributed by atoms with E-state index in [1.165, 1.54) is 17.5 Å². The summed E-state index contributed by atoms with van der Waals surface area (Å²) in [6, 6.07) is 10.8. The van der Waals surface area contributed by atoms with Gasteiger partial charge in [-0.15, -0.1) is 0 Å². The molecule has 0 radical (unpaired) electrons. The third-order valence-corrected chi connectivity index (χ3v) is 5.00. The maximum Gasteiger partial charge on any atom is 0.272 e. The molecule has 0 spiro atoms. The van der Waals surface area contributed by atoms with Crippen LogP contribution in [-0.2, 0) is 13.1 Å². The zero-order valence-electron chi connectivity index (χ0n) is 16.2. The Kier molecular flexibility index (Phi) is 6.09. The smallest absolute Gasteiger partial charge is 0.272 e. The molecule has 1 saturated heterocycles. The second-order valence-electron chi connectivity index (χ2n) is 7.43. The van der Waals surface area contributed by atoms with Gasteiger partial charge in [-0.3, -0.25) is 9.48 Å². The first-order valence-electron chi connectivity index (χ1n) is 9.66. The maximum atomic E-state index is 13.2. The topological polar surface area (TPSA) is 41.4 Å². The van der Waals surface area contributed by atoms with Crippen molar-refractivity contribution in [3.05, 3.63) is 53.3 Å². The molecule has 2 aromatic rings. The third kappa shape index (κ3) is 4.15. The molecule has 140 valence electrons. The second-order valence-corrected chi connectivity index (χ2v) is 7.43. The number of carbonyl (C=O) groups is 1. The number of aryl methyl sites for hydroxylation is 1. The number of benzene rings is 1. The van der Waals surface area contributed by atoms with Crippen molar-refractivity contribution in [2.75, 3.05) is 20.6 Å². The largest absolute Gasteiger partial charge is 0.330 e. The predicted molar refractivity (Wildman–Crippen MR) is 104 cm³/mol. The number of piperidine rings is 1. The lowest BCUT2D eigenvalue weighted by Crippen LogP contribution is -2.39. The van der Waals surface area contributed by atoms with Crippen LogP contribution in [0.4, 0.5) is 0 Å². The number of hydrogen-bond acceptors (Lipinski definition) is 3. The van der Waals surface area contributed by atoms with Gasteiger partial charge in [0.05, 0.1) is 6.04 Å². The fourth-order valence-electron chi connectivity index (χ4n) is 3.78. The minimum Gasteiger partial charge on any atom is -0.330 e. The van der Waals surface area contributed by atoms with Crippen LogP contribution in [0.3, 0.4) is 0 Å². The normalized spacial score (nSPS) is 17.7. The van der Waals surface area contributed by atoms with Crippen LogP contribution in [0.2, 0.25) is 0 Å². The van der Waals surface area contributed by atoms with E-state index in [0.29, 0.717) is 5.69 Å². The lowest BCUT2D eigenvalue weighted by atomic mass is 9.94. The summed E-state index contributed by atoms with van der Waals surface area (Å²) in [7, 11) is 4.16. The van der Waals surface area contributed by atoms with E-state index in [-0.39, 0.29) is 11.9 Å². The van der Waals surface area contributed by atoms with Crippen molar-refractivity contribution in [2.24, 2.45) is 0 Å². The van der Waals surface area contributed by atoms with Gasteiger partial charge in [0.1, 0.15) is 5.69 Å². The molecule has 1 unspecified atom stereocenters. The standard InChI is InChI=1S/C21H30N4O/c1-4-14-25-20(12-13-22-25)21(26)24-15-6-5-7-19(24)18-10-8-17(9-11-18)16-23(2)3/h8-13,19H,4-7,14-16H2,1-3H3. The van der Waals surface area contributed by atoms with Crippen LogP contribution in [0, 0.1) is 0 Å². The average Bonchev–Trinajstić information content (AvgIpc) is 3.10. The van der Waals surface area contributed by atoms with Crippen molar-refractivity contribution in [1.82, 2.24) is 19.6 Å². The summed E-state index contributed by atoms with van der Waals surface area (Å²) in [6.45, 7) is 4.64. The summed E-state index contributed by atoms with van der Waals surface area (Å²) in [5.41, 5.74) is 3.25. The van der Waals surface area contributed by atoms with Crippen LogP contribution >= 0.6 is 0 Å². The molecule has 1 amide bonds. The summed E-state index contributed by atoms with van der Waals surface area (Å²) >= 11 is 0. The number of hydrogen-bond donors (Lipinski definition) is 0. The van der Waals surface area contributed by atoms with Crippen molar-refractivity contribution in [3.8, 4) is 0 Å². The highest BCUT2D eigenvalue weighted by Crippen LogP contribution is 2.32. The minimum atomic E-state index is 0.109. The molecule has 1 aliphatic heterocycles. The Morgan fingerprint density at radius 2 is 1.96 bits per heavy atom. The van der Waals surface area contributed by atoms with E-state index in [9.17, 15) is 4.79 Å². The Hall–Kier alpha value is -2.14. The zero-order chi connectivity index (χ0) is 18.5. The van der Waals surface area contributed by atoms with Gasteiger partial charge in [0.15, 0.2) is 0 Å². The number of aromatic nitrogens is 2. The molecule has 0 aliphatic carbocycles. The summed E-state index contributed by atoms with van der Waals surface area (Å²) in [4.78, 5) is 17.4. The first-order chi connectivity index (χ1) is 12.6. The highest BCUT2D eigenvalue weighted by molar-refractivity contribution is 5.93. The summed E-state index contributed by atoms with van der Waals surface area (Å²) in [6.07, 6.45) is 5.97. The van der Waals surface area contributed by atoms with E-state index in [0.717, 1.165) is 38.9 Å². The SMILES string of the molecule is CCCn1nccc1C(=O)N1CCCCC1c1ccc(CN(C)C)cc1. The van der Waals surface area contributed by atoms with Crippen LogP contribution in [0.1, 0.15) is 60.3 Å². The Balaban J connectivity index is 1.81. The lowest BCUT2D eigenvalue weighted by Gasteiger charge is -2.36. The molecule has 1 fully saturated rings. The monoisotopic (exact) mass is 354 g/mol. The quantitative estimate of drug-likeness (QED) is 0.794. The molecule has 0 bridgehead atoms. The fourth-order valence-corrected chi connectivity index (χ4v) is 3.78. The van der Waals surface area contributed by atoms with E-state index in [2.05, 4.69) is 55.3 Å². The molecule has 26 heavy (non-hydrogen) atoms. The van der Waals surface area contributed by atoms with Crippen LogP contribution in [0.5, 0.6) is 0 Å². The molecule has 2 heterocycles. The van der Waals surface area contributed by atoms with Gasteiger partial charge < -0.3 is 9.80 Å². The molecule has 1 aromatic heterocycles. The number of rotatable bonds is 6. The Labute approximate surface area is 156 Å². The first-order valence-corrected chi connectivity index (χ1v) is 9.66. The van der Waals surface area contributed by atoms with Crippen molar-refractivity contribution in [1.29, 1.82) is 0 Å².